The molecule has 0 bridgehead atoms. The Labute approximate surface area is 116 Å². The molecule has 1 aliphatic rings. The first-order valence-electron chi connectivity index (χ1n) is 6.72. The highest BCUT2D eigenvalue weighted by atomic mass is 19.1. The number of nitrogens with one attached hydrogen (secondary N) is 2. The Balaban J connectivity index is 1.95. The van der Waals surface area contributed by atoms with Gasteiger partial charge in [-0.2, -0.15) is 0 Å². The van der Waals surface area contributed by atoms with Crippen molar-refractivity contribution in [2.45, 2.75) is 32.4 Å². The van der Waals surface area contributed by atoms with E-state index in [-0.39, 0.29) is 11.4 Å². The Morgan fingerprint density at radius 2 is 2.20 bits per heavy atom. The van der Waals surface area contributed by atoms with E-state index in [2.05, 4.69) is 15.3 Å². The van der Waals surface area contributed by atoms with Gasteiger partial charge in [0.2, 0.25) is 0 Å². The number of hydrogen-bond acceptors (Lipinski definition) is 3. The van der Waals surface area contributed by atoms with Gasteiger partial charge in [-0.05, 0) is 37.5 Å². The number of nitrogens with zero attached hydrogens (tertiary/aromatic N) is 1. The number of rotatable bonds is 4. The summed E-state index contributed by atoms with van der Waals surface area (Å²) in [6.07, 6.45) is 2.36. The first-order valence-corrected chi connectivity index (χ1v) is 6.72. The maximum absolute atomic E-state index is 13.4. The monoisotopic (exact) mass is 273 g/mol. The average Bonchev–Trinajstić information content (AvgIpc) is 3.23. The van der Waals surface area contributed by atoms with Crippen LogP contribution >= 0.6 is 0 Å². The molecule has 0 unspecified atom stereocenters. The molecule has 0 amide bonds. The van der Waals surface area contributed by atoms with Gasteiger partial charge in [0.15, 0.2) is 0 Å². The zero-order valence-electron chi connectivity index (χ0n) is 11.2. The van der Waals surface area contributed by atoms with Gasteiger partial charge in [0.05, 0.1) is 5.69 Å². The number of hydrogen-bond donors (Lipinski definition) is 2. The molecular formula is C15H16FN3O. The fourth-order valence-corrected chi connectivity index (χ4v) is 2.11. The molecule has 5 heteroatoms. The van der Waals surface area contributed by atoms with Crippen LogP contribution in [0.25, 0.3) is 11.4 Å². The summed E-state index contributed by atoms with van der Waals surface area (Å²) in [6.45, 7) is 2.43. The molecule has 1 heterocycles. The zero-order chi connectivity index (χ0) is 14.1. The number of aromatic amines is 1. The standard InChI is InChI=1S/C15H16FN3O/c1-9-2-3-10(16)6-13(9)15-18-12(7-14(20)19-15)8-17-11-4-5-11/h2-3,6-7,11,17H,4-5,8H2,1H3,(H,18,19,20). The van der Waals surface area contributed by atoms with Crippen LogP contribution in [0.5, 0.6) is 0 Å². The van der Waals surface area contributed by atoms with E-state index in [4.69, 9.17) is 0 Å². The zero-order valence-corrected chi connectivity index (χ0v) is 11.2. The third-order valence-corrected chi connectivity index (χ3v) is 3.40. The van der Waals surface area contributed by atoms with Crippen molar-refractivity contribution < 1.29 is 4.39 Å². The predicted molar refractivity (Wildman–Crippen MR) is 74.9 cm³/mol. The van der Waals surface area contributed by atoms with Gasteiger partial charge in [0, 0.05) is 24.2 Å². The van der Waals surface area contributed by atoms with Crippen molar-refractivity contribution in [3.05, 3.63) is 51.7 Å². The predicted octanol–water partition coefficient (Wildman–Crippen LogP) is 2.14. The summed E-state index contributed by atoms with van der Waals surface area (Å²) in [5, 5.41) is 3.32. The van der Waals surface area contributed by atoms with Crippen LogP contribution in [-0.4, -0.2) is 16.0 Å². The summed E-state index contributed by atoms with van der Waals surface area (Å²) in [6, 6.07) is 6.50. The highest BCUT2D eigenvalue weighted by Gasteiger charge is 2.20. The molecule has 1 fully saturated rings. The van der Waals surface area contributed by atoms with Gasteiger partial charge in [-0.3, -0.25) is 4.79 Å². The Morgan fingerprint density at radius 1 is 1.40 bits per heavy atom. The van der Waals surface area contributed by atoms with E-state index >= 15 is 0 Å². The van der Waals surface area contributed by atoms with Gasteiger partial charge in [-0.25, -0.2) is 9.37 Å². The maximum Gasteiger partial charge on any atom is 0.251 e. The fourth-order valence-electron chi connectivity index (χ4n) is 2.11. The molecule has 0 aliphatic heterocycles. The van der Waals surface area contributed by atoms with Crippen molar-refractivity contribution in [2.24, 2.45) is 0 Å². The fraction of sp³-hybridized carbons (Fsp3) is 0.333. The highest BCUT2D eigenvalue weighted by Crippen LogP contribution is 2.21. The number of benzene rings is 1. The van der Waals surface area contributed by atoms with E-state index in [1.807, 2.05) is 6.92 Å². The van der Waals surface area contributed by atoms with Crippen molar-refractivity contribution >= 4 is 0 Å². The quantitative estimate of drug-likeness (QED) is 0.897. The molecule has 104 valence electrons. The Bertz CT molecular complexity index is 692. The van der Waals surface area contributed by atoms with E-state index in [9.17, 15) is 9.18 Å². The molecule has 2 aromatic rings. The summed E-state index contributed by atoms with van der Waals surface area (Å²) in [4.78, 5) is 18.8. The van der Waals surface area contributed by atoms with Crippen LogP contribution in [0.2, 0.25) is 0 Å². The lowest BCUT2D eigenvalue weighted by Gasteiger charge is -2.08. The van der Waals surface area contributed by atoms with Gasteiger partial charge in [0.1, 0.15) is 11.6 Å². The number of aromatic nitrogens is 2. The first kappa shape index (κ1) is 13.0. The molecule has 1 aromatic carbocycles. The van der Waals surface area contributed by atoms with Crippen LogP contribution in [0.1, 0.15) is 24.1 Å². The lowest BCUT2D eigenvalue weighted by Crippen LogP contribution is -2.19. The van der Waals surface area contributed by atoms with Crippen molar-refractivity contribution in [1.29, 1.82) is 0 Å². The average molecular weight is 273 g/mol. The molecule has 3 rings (SSSR count). The molecule has 2 N–H and O–H groups in total. The summed E-state index contributed by atoms with van der Waals surface area (Å²) in [5.74, 6) is 0.0804. The smallest absolute Gasteiger partial charge is 0.251 e. The van der Waals surface area contributed by atoms with Crippen molar-refractivity contribution in [3.8, 4) is 11.4 Å². The maximum atomic E-state index is 13.4. The molecule has 1 aliphatic carbocycles. The van der Waals surface area contributed by atoms with Gasteiger partial charge < -0.3 is 10.3 Å². The SMILES string of the molecule is Cc1ccc(F)cc1-c1nc(CNC2CC2)cc(=O)[nH]1. The minimum atomic E-state index is -0.338. The summed E-state index contributed by atoms with van der Waals surface area (Å²) in [5.41, 5.74) is 1.96. The third-order valence-electron chi connectivity index (χ3n) is 3.40. The molecule has 0 atom stereocenters. The minimum absolute atomic E-state index is 0.216. The lowest BCUT2D eigenvalue weighted by atomic mass is 10.1. The van der Waals surface area contributed by atoms with Gasteiger partial charge in [0.25, 0.3) is 5.56 Å². The highest BCUT2D eigenvalue weighted by molar-refractivity contribution is 5.59. The normalized spacial score (nSPS) is 14.5. The molecule has 1 saturated carbocycles. The van der Waals surface area contributed by atoms with Crippen molar-refractivity contribution in [3.63, 3.8) is 0 Å². The lowest BCUT2D eigenvalue weighted by molar-refractivity contribution is 0.627. The summed E-state index contributed by atoms with van der Waals surface area (Å²) >= 11 is 0. The van der Waals surface area contributed by atoms with Gasteiger partial charge >= 0.3 is 0 Å². The molecule has 0 spiro atoms. The molecule has 20 heavy (non-hydrogen) atoms. The second kappa shape index (κ2) is 5.17. The van der Waals surface area contributed by atoms with E-state index in [0.29, 0.717) is 29.7 Å². The first-order chi connectivity index (χ1) is 9.61. The molecule has 1 aromatic heterocycles. The van der Waals surface area contributed by atoms with Crippen LogP contribution in [0.3, 0.4) is 0 Å². The van der Waals surface area contributed by atoms with Crippen LogP contribution in [0.15, 0.2) is 29.1 Å². The summed E-state index contributed by atoms with van der Waals surface area (Å²) < 4.78 is 13.4. The molecule has 0 radical (unpaired) electrons. The molecular weight excluding hydrogens is 257 g/mol. The second-order valence-electron chi connectivity index (χ2n) is 5.20. The van der Waals surface area contributed by atoms with Crippen LogP contribution in [-0.2, 0) is 6.54 Å². The third kappa shape index (κ3) is 2.93. The number of aryl methyl sites for hydroxylation is 1. The number of halogens is 1. The van der Waals surface area contributed by atoms with Gasteiger partial charge in [-0.15, -0.1) is 0 Å². The van der Waals surface area contributed by atoms with E-state index in [0.717, 1.165) is 5.56 Å². The van der Waals surface area contributed by atoms with Crippen molar-refractivity contribution in [2.75, 3.05) is 0 Å². The minimum Gasteiger partial charge on any atom is -0.308 e. The molecule has 0 saturated heterocycles. The van der Waals surface area contributed by atoms with Crippen LogP contribution < -0.4 is 10.9 Å². The van der Waals surface area contributed by atoms with E-state index < -0.39 is 0 Å². The Kier molecular flexibility index (Phi) is 3.36. The van der Waals surface area contributed by atoms with Crippen LogP contribution in [0.4, 0.5) is 4.39 Å². The van der Waals surface area contributed by atoms with Crippen molar-refractivity contribution in [1.82, 2.24) is 15.3 Å². The van der Waals surface area contributed by atoms with E-state index in [1.54, 1.807) is 6.07 Å². The Morgan fingerprint density at radius 3 is 2.95 bits per heavy atom. The number of H-pyrrole nitrogens is 1. The Hall–Kier alpha value is -2.01. The topological polar surface area (TPSA) is 57.8 Å². The molecule has 4 nitrogen and oxygen atoms in total. The van der Waals surface area contributed by atoms with Gasteiger partial charge in [-0.1, -0.05) is 6.07 Å². The van der Waals surface area contributed by atoms with E-state index in [1.165, 1.54) is 31.0 Å². The largest absolute Gasteiger partial charge is 0.308 e. The summed E-state index contributed by atoms with van der Waals surface area (Å²) in [7, 11) is 0. The van der Waals surface area contributed by atoms with Crippen LogP contribution in [0, 0.1) is 12.7 Å². The second-order valence-corrected chi connectivity index (χ2v) is 5.20.